The molecule has 0 saturated heterocycles. The van der Waals surface area contributed by atoms with Gasteiger partial charge in [-0.1, -0.05) is 0 Å². The van der Waals surface area contributed by atoms with Gasteiger partial charge >= 0.3 is 5.69 Å². The van der Waals surface area contributed by atoms with Crippen LogP contribution in [-0.2, 0) is 4.79 Å². The number of hydrogen-bond donors (Lipinski definition) is 1. The number of benzene rings is 1. The Morgan fingerprint density at radius 1 is 1.36 bits per heavy atom. The quantitative estimate of drug-likeness (QED) is 0.449. The lowest BCUT2D eigenvalue weighted by atomic mass is 10.2. The van der Waals surface area contributed by atoms with Crippen molar-refractivity contribution in [3.8, 4) is 0 Å². The Morgan fingerprint density at radius 3 is 2.68 bits per heavy atom. The number of rotatable bonds is 7. The van der Waals surface area contributed by atoms with Gasteiger partial charge in [-0.25, -0.2) is 0 Å². The Labute approximate surface area is 148 Å². The van der Waals surface area contributed by atoms with Crippen LogP contribution in [-0.4, -0.2) is 28.3 Å². The van der Waals surface area contributed by atoms with Crippen LogP contribution in [0.25, 0.3) is 0 Å². The average Bonchev–Trinajstić information content (AvgIpc) is 3.03. The summed E-state index contributed by atoms with van der Waals surface area (Å²) in [5.74, 6) is -0.239. The highest BCUT2D eigenvalue weighted by Gasteiger charge is 2.16. The van der Waals surface area contributed by atoms with Crippen LogP contribution < -0.4 is 10.2 Å². The molecule has 2 rings (SSSR count). The highest BCUT2D eigenvalue weighted by molar-refractivity contribution is 7.10. The Morgan fingerprint density at radius 2 is 2.08 bits per heavy atom. The number of azo groups is 1. The van der Waals surface area contributed by atoms with Crippen molar-refractivity contribution >= 4 is 45.2 Å². The first-order chi connectivity index (χ1) is 12.0. The predicted octanol–water partition coefficient (Wildman–Crippen LogP) is 4.27. The summed E-state index contributed by atoms with van der Waals surface area (Å²) >= 11 is 0.885. The third-order valence-corrected chi connectivity index (χ3v) is 4.07. The highest BCUT2D eigenvalue weighted by Crippen LogP contribution is 2.35. The van der Waals surface area contributed by atoms with Gasteiger partial charge in [-0.05, 0) is 43.6 Å². The second-order valence-corrected chi connectivity index (χ2v) is 5.81. The number of nitrogens with zero attached hydrogens (tertiary/aromatic N) is 5. The van der Waals surface area contributed by atoms with E-state index >= 15 is 0 Å². The Balaban J connectivity index is 2.38. The van der Waals surface area contributed by atoms with Crippen molar-refractivity contribution in [3.63, 3.8) is 0 Å². The van der Waals surface area contributed by atoms with Crippen LogP contribution in [0.2, 0.25) is 0 Å². The molecule has 10 heteroatoms. The van der Waals surface area contributed by atoms with Crippen molar-refractivity contribution in [3.05, 3.63) is 34.5 Å². The average molecular weight is 362 g/mol. The summed E-state index contributed by atoms with van der Waals surface area (Å²) < 4.78 is 3.76. The van der Waals surface area contributed by atoms with Gasteiger partial charge in [-0.2, -0.15) is 4.37 Å². The molecule has 132 valence electrons. The van der Waals surface area contributed by atoms with Gasteiger partial charge in [0.1, 0.15) is 11.9 Å². The molecule has 0 unspecified atom stereocenters. The van der Waals surface area contributed by atoms with Gasteiger partial charge in [0.05, 0.1) is 10.6 Å². The monoisotopic (exact) mass is 362 g/mol. The van der Waals surface area contributed by atoms with Crippen molar-refractivity contribution in [2.24, 2.45) is 10.2 Å². The molecule has 0 radical (unpaired) electrons. The Kier molecular flexibility index (Phi) is 6.12. The van der Waals surface area contributed by atoms with E-state index in [1.165, 1.54) is 6.92 Å². The van der Waals surface area contributed by atoms with Crippen LogP contribution in [0.15, 0.2) is 34.6 Å². The van der Waals surface area contributed by atoms with E-state index in [0.717, 1.165) is 36.5 Å². The number of nitro groups is 1. The molecule has 1 aromatic heterocycles. The Hall–Kier alpha value is -2.88. The van der Waals surface area contributed by atoms with Gasteiger partial charge in [-0.15, -0.1) is 10.2 Å². The van der Waals surface area contributed by atoms with Gasteiger partial charge < -0.3 is 10.2 Å². The molecule has 0 saturated carbocycles. The molecule has 2 aromatic rings. The molecule has 0 bridgehead atoms. The lowest BCUT2D eigenvalue weighted by Crippen LogP contribution is -2.21. The van der Waals surface area contributed by atoms with E-state index in [9.17, 15) is 14.9 Å². The fourth-order valence-electron chi connectivity index (χ4n) is 2.21. The third kappa shape index (κ3) is 4.57. The first-order valence-corrected chi connectivity index (χ1v) is 8.41. The summed E-state index contributed by atoms with van der Waals surface area (Å²) in [6.07, 6.45) is 1.14. The maximum absolute atomic E-state index is 11.5. The second kappa shape index (κ2) is 8.29. The van der Waals surface area contributed by atoms with E-state index in [2.05, 4.69) is 24.8 Å². The number of carbonyl (C=O) groups excluding carboxylic acids is 1. The number of carbonyl (C=O) groups is 1. The van der Waals surface area contributed by atoms with Gasteiger partial charge in [0.2, 0.25) is 10.9 Å². The largest absolute Gasteiger partial charge is 0.372 e. The van der Waals surface area contributed by atoms with Crippen molar-refractivity contribution in [2.75, 3.05) is 23.3 Å². The number of hydrogen-bond acceptors (Lipinski definition) is 8. The van der Waals surface area contributed by atoms with Crippen molar-refractivity contribution in [2.45, 2.75) is 20.8 Å². The lowest BCUT2D eigenvalue weighted by Gasteiger charge is -2.22. The van der Waals surface area contributed by atoms with Gasteiger partial charge in [0.25, 0.3) is 0 Å². The number of nitrogens with one attached hydrogen (secondary N) is 1. The smallest absolute Gasteiger partial charge is 0.327 e. The van der Waals surface area contributed by atoms with Crippen LogP contribution in [0.3, 0.4) is 0 Å². The molecule has 0 aliphatic heterocycles. The third-order valence-electron chi connectivity index (χ3n) is 3.40. The topological polar surface area (TPSA) is 113 Å². The standard InChI is InChI=1S/C15H18N6O3S/c1-4-20(5-2)11-6-7-12(13(8-11)17-10(3)22)18-19-15-14(21(23)24)9-16-25-15/h6-9H,4-5H2,1-3H3,(H,17,22). The lowest BCUT2D eigenvalue weighted by molar-refractivity contribution is -0.383. The molecule has 0 spiro atoms. The van der Waals surface area contributed by atoms with E-state index in [1.807, 2.05) is 26.0 Å². The maximum Gasteiger partial charge on any atom is 0.327 e. The second-order valence-electron chi connectivity index (χ2n) is 5.03. The normalized spacial score (nSPS) is 10.8. The summed E-state index contributed by atoms with van der Waals surface area (Å²) in [4.78, 5) is 23.9. The first-order valence-electron chi connectivity index (χ1n) is 7.63. The van der Waals surface area contributed by atoms with E-state index in [1.54, 1.807) is 6.07 Å². The molecule has 0 atom stereocenters. The van der Waals surface area contributed by atoms with Crippen LogP contribution in [0, 0.1) is 10.1 Å². The molecule has 0 aliphatic carbocycles. The molecule has 1 heterocycles. The highest BCUT2D eigenvalue weighted by atomic mass is 32.1. The van der Waals surface area contributed by atoms with E-state index < -0.39 is 4.92 Å². The molecule has 1 aromatic carbocycles. The molecule has 9 nitrogen and oxygen atoms in total. The van der Waals surface area contributed by atoms with Crippen molar-refractivity contribution in [1.82, 2.24) is 4.37 Å². The Bertz CT molecular complexity index is 800. The van der Waals surface area contributed by atoms with Gasteiger partial charge in [0, 0.05) is 25.7 Å². The number of aromatic nitrogens is 1. The fourth-order valence-corrected chi connectivity index (χ4v) is 2.76. The summed E-state index contributed by atoms with van der Waals surface area (Å²) in [7, 11) is 0. The number of amides is 1. The van der Waals surface area contributed by atoms with Gasteiger partial charge in [-0.3, -0.25) is 14.9 Å². The van der Waals surface area contributed by atoms with Crippen LogP contribution in [0.1, 0.15) is 20.8 Å². The minimum atomic E-state index is -0.559. The van der Waals surface area contributed by atoms with Crippen molar-refractivity contribution in [1.29, 1.82) is 0 Å². The van der Waals surface area contributed by atoms with Crippen molar-refractivity contribution < 1.29 is 9.72 Å². The van der Waals surface area contributed by atoms with Crippen LogP contribution in [0.4, 0.5) is 27.8 Å². The minimum Gasteiger partial charge on any atom is -0.372 e. The predicted molar refractivity (Wildman–Crippen MR) is 97.3 cm³/mol. The molecule has 1 amide bonds. The van der Waals surface area contributed by atoms with Crippen LogP contribution >= 0.6 is 11.5 Å². The molecule has 1 N–H and O–H groups in total. The molecule has 0 aliphatic rings. The molecular weight excluding hydrogens is 344 g/mol. The van der Waals surface area contributed by atoms with E-state index in [-0.39, 0.29) is 16.6 Å². The van der Waals surface area contributed by atoms with E-state index in [0.29, 0.717) is 11.4 Å². The van der Waals surface area contributed by atoms with Crippen LogP contribution in [0.5, 0.6) is 0 Å². The SMILES string of the molecule is CCN(CC)c1ccc(N=Nc2sncc2[N+](=O)[O-])c(NC(C)=O)c1. The van der Waals surface area contributed by atoms with E-state index in [4.69, 9.17) is 0 Å². The summed E-state index contributed by atoms with van der Waals surface area (Å²) in [6, 6.07) is 5.40. The molecule has 25 heavy (non-hydrogen) atoms. The molecule has 0 fully saturated rings. The minimum absolute atomic E-state index is 0.103. The zero-order chi connectivity index (χ0) is 18.4. The summed E-state index contributed by atoms with van der Waals surface area (Å²) in [5, 5.41) is 21.7. The molecular formula is C15H18N6O3S. The zero-order valence-electron chi connectivity index (χ0n) is 14.1. The summed E-state index contributed by atoms with van der Waals surface area (Å²) in [5.41, 5.74) is 1.65. The maximum atomic E-state index is 11.5. The van der Waals surface area contributed by atoms with Gasteiger partial charge in [0.15, 0.2) is 0 Å². The number of anilines is 2. The zero-order valence-corrected chi connectivity index (χ0v) is 14.9. The fraction of sp³-hybridized carbons (Fsp3) is 0.333. The first kappa shape index (κ1) is 18.5. The summed E-state index contributed by atoms with van der Waals surface area (Å²) in [6.45, 7) is 7.13.